The first kappa shape index (κ1) is 22.6. The number of anilines is 1. The van der Waals surface area contributed by atoms with Gasteiger partial charge in [0.15, 0.2) is 0 Å². The molecule has 2 heterocycles. The van der Waals surface area contributed by atoms with E-state index in [-0.39, 0.29) is 17.4 Å². The Morgan fingerprint density at radius 2 is 1.81 bits per heavy atom. The number of amides is 1. The summed E-state index contributed by atoms with van der Waals surface area (Å²) in [5, 5.41) is 0.699. The van der Waals surface area contributed by atoms with Crippen molar-refractivity contribution in [2.75, 3.05) is 36.8 Å². The van der Waals surface area contributed by atoms with Crippen molar-refractivity contribution >= 4 is 34.0 Å². The molecule has 0 saturated carbocycles. The van der Waals surface area contributed by atoms with Crippen LogP contribution < -0.4 is 4.90 Å². The van der Waals surface area contributed by atoms with Gasteiger partial charge in [0.25, 0.3) is 0 Å². The monoisotopic (exact) mass is 471 g/mol. The van der Waals surface area contributed by atoms with Crippen molar-refractivity contribution in [3.05, 3.63) is 70.6 Å². The summed E-state index contributed by atoms with van der Waals surface area (Å²) in [5.74, 6) is 1.25. The Kier molecular flexibility index (Phi) is 6.96. The molecule has 0 radical (unpaired) electrons. The van der Waals surface area contributed by atoms with Crippen LogP contribution in [0.5, 0.6) is 0 Å². The third-order valence-electron chi connectivity index (χ3n) is 5.58. The first-order chi connectivity index (χ1) is 15.4. The van der Waals surface area contributed by atoms with Gasteiger partial charge in [-0.3, -0.25) is 9.00 Å². The van der Waals surface area contributed by atoms with E-state index >= 15 is 0 Å². The number of piperazine rings is 1. The molecule has 3 aromatic rings. The zero-order chi connectivity index (χ0) is 22.7. The normalized spacial score (nSPS) is 15.1. The van der Waals surface area contributed by atoms with Gasteiger partial charge in [-0.2, -0.15) is 0 Å². The molecule has 1 aromatic heterocycles. The van der Waals surface area contributed by atoms with Gasteiger partial charge in [0.1, 0.15) is 11.5 Å². The third-order valence-corrected chi connectivity index (χ3v) is 6.98. The summed E-state index contributed by atoms with van der Waals surface area (Å²) in [4.78, 5) is 21.2. The number of rotatable bonds is 6. The number of oxazole rings is 1. The molecule has 8 heteroatoms. The van der Waals surface area contributed by atoms with Crippen LogP contribution in [0, 0.1) is 13.8 Å². The molecule has 4 rings (SSSR count). The largest absolute Gasteiger partial charge is 0.441 e. The first-order valence-electron chi connectivity index (χ1n) is 10.6. The number of hydrogen-bond donors (Lipinski definition) is 0. The number of carbonyl (C=O) groups is 1. The van der Waals surface area contributed by atoms with Crippen molar-refractivity contribution in [1.29, 1.82) is 0 Å². The Balaban J connectivity index is 1.31. The molecule has 168 valence electrons. The quantitative estimate of drug-likeness (QED) is 0.538. The van der Waals surface area contributed by atoms with Gasteiger partial charge in [0, 0.05) is 53.3 Å². The minimum absolute atomic E-state index is 0.0106. The van der Waals surface area contributed by atoms with Crippen LogP contribution in [0.3, 0.4) is 0 Å². The van der Waals surface area contributed by atoms with Crippen molar-refractivity contribution in [3.63, 3.8) is 0 Å². The predicted molar refractivity (Wildman–Crippen MR) is 128 cm³/mol. The maximum Gasteiger partial charge on any atom is 0.235 e. The van der Waals surface area contributed by atoms with Gasteiger partial charge in [-0.1, -0.05) is 35.4 Å². The van der Waals surface area contributed by atoms with E-state index in [0.29, 0.717) is 35.5 Å². The zero-order valence-electron chi connectivity index (χ0n) is 18.2. The minimum Gasteiger partial charge on any atom is -0.441 e. The van der Waals surface area contributed by atoms with Gasteiger partial charge in [0.05, 0.1) is 11.4 Å². The average molecular weight is 472 g/mol. The van der Waals surface area contributed by atoms with Crippen LogP contribution in [0.1, 0.15) is 17.0 Å². The molecule has 1 aliphatic heterocycles. The van der Waals surface area contributed by atoms with Gasteiger partial charge in [0.2, 0.25) is 11.8 Å². The zero-order valence-corrected chi connectivity index (χ0v) is 19.8. The fraction of sp³-hybridized carbons (Fsp3) is 0.333. The topological polar surface area (TPSA) is 66.7 Å². The molecule has 2 aromatic carbocycles. The molecule has 0 bridgehead atoms. The second-order valence-electron chi connectivity index (χ2n) is 7.96. The predicted octanol–water partition coefficient (Wildman–Crippen LogP) is 4.21. The molecule has 0 unspecified atom stereocenters. The summed E-state index contributed by atoms with van der Waals surface area (Å²) in [5.41, 5.74) is 3.73. The van der Waals surface area contributed by atoms with Crippen LogP contribution in [0.25, 0.3) is 11.5 Å². The number of halogens is 1. The van der Waals surface area contributed by atoms with Crippen molar-refractivity contribution in [1.82, 2.24) is 9.88 Å². The Labute approximate surface area is 195 Å². The van der Waals surface area contributed by atoms with E-state index in [0.717, 1.165) is 29.9 Å². The minimum atomic E-state index is -1.35. The maximum atomic E-state index is 12.7. The lowest BCUT2D eigenvalue weighted by Crippen LogP contribution is -2.50. The molecule has 1 aliphatic rings. The number of hydrogen-bond acceptors (Lipinski definition) is 5. The van der Waals surface area contributed by atoms with Crippen LogP contribution >= 0.6 is 11.6 Å². The molecule has 1 saturated heterocycles. The summed E-state index contributed by atoms with van der Waals surface area (Å²) < 4.78 is 18.5. The van der Waals surface area contributed by atoms with E-state index in [9.17, 15) is 9.00 Å². The van der Waals surface area contributed by atoms with E-state index in [2.05, 4.69) is 9.88 Å². The third kappa shape index (κ3) is 5.40. The van der Waals surface area contributed by atoms with Crippen molar-refractivity contribution in [2.45, 2.75) is 19.6 Å². The van der Waals surface area contributed by atoms with Crippen molar-refractivity contribution in [2.24, 2.45) is 0 Å². The van der Waals surface area contributed by atoms with E-state index in [1.54, 1.807) is 4.90 Å². The lowest BCUT2D eigenvalue weighted by atomic mass is 10.1. The standard InChI is InChI=1S/C24H26ClN3O3S/c1-17-6-8-19(9-7-17)24-26-22(18(2)31-24)15-32(30)16-23(29)28-12-10-27(11-13-28)21-5-3-4-20(25)14-21/h3-9,14H,10-13,15-16H2,1-2H3/t32-/m0/s1. The summed E-state index contributed by atoms with van der Waals surface area (Å²) >= 11 is 6.08. The molecule has 1 amide bonds. The summed E-state index contributed by atoms with van der Waals surface area (Å²) in [7, 11) is -1.35. The van der Waals surface area contributed by atoms with E-state index in [1.807, 2.05) is 62.4 Å². The smallest absolute Gasteiger partial charge is 0.235 e. The average Bonchev–Trinajstić information content (AvgIpc) is 3.14. The summed E-state index contributed by atoms with van der Waals surface area (Å²) in [6, 6.07) is 15.6. The van der Waals surface area contributed by atoms with Gasteiger partial charge >= 0.3 is 0 Å². The molecule has 6 nitrogen and oxygen atoms in total. The number of nitrogens with zero attached hydrogens (tertiary/aromatic N) is 3. The van der Waals surface area contributed by atoms with Crippen LogP contribution in [-0.4, -0.2) is 51.9 Å². The lowest BCUT2D eigenvalue weighted by Gasteiger charge is -2.36. The number of aromatic nitrogens is 1. The highest BCUT2D eigenvalue weighted by molar-refractivity contribution is 7.84. The van der Waals surface area contributed by atoms with Gasteiger partial charge in [-0.05, 0) is 44.2 Å². The van der Waals surface area contributed by atoms with Crippen LogP contribution in [0.2, 0.25) is 5.02 Å². The highest BCUT2D eigenvalue weighted by atomic mass is 35.5. The van der Waals surface area contributed by atoms with Gasteiger partial charge < -0.3 is 14.2 Å². The lowest BCUT2D eigenvalue weighted by molar-refractivity contribution is -0.128. The van der Waals surface area contributed by atoms with Crippen molar-refractivity contribution < 1.29 is 13.4 Å². The number of benzene rings is 2. The number of carbonyl (C=O) groups excluding carboxylic acids is 1. The van der Waals surface area contributed by atoms with Crippen molar-refractivity contribution in [3.8, 4) is 11.5 Å². The number of aryl methyl sites for hydroxylation is 2. The molecule has 1 fully saturated rings. The fourth-order valence-electron chi connectivity index (χ4n) is 3.70. The Morgan fingerprint density at radius 3 is 2.50 bits per heavy atom. The van der Waals surface area contributed by atoms with Crippen LogP contribution in [-0.2, 0) is 21.3 Å². The van der Waals surface area contributed by atoms with Crippen LogP contribution in [0.4, 0.5) is 5.69 Å². The first-order valence-corrected chi connectivity index (χ1v) is 12.4. The maximum absolute atomic E-state index is 12.7. The highest BCUT2D eigenvalue weighted by Gasteiger charge is 2.23. The van der Waals surface area contributed by atoms with E-state index in [1.165, 1.54) is 0 Å². The van der Waals surface area contributed by atoms with Crippen LogP contribution in [0.15, 0.2) is 52.9 Å². The highest BCUT2D eigenvalue weighted by Crippen LogP contribution is 2.23. The molecular formula is C24H26ClN3O3S. The molecule has 0 aliphatic carbocycles. The SMILES string of the molecule is Cc1ccc(-c2nc(C[S@](=O)CC(=O)N3CCN(c4cccc(Cl)c4)CC3)c(C)o2)cc1. The molecule has 32 heavy (non-hydrogen) atoms. The fourth-order valence-corrected chi connectivity index (χ4v) is 5.02. The van der Waals surface area contributed by atoms with Gasteiger partial charge in [-0.15, -0.1) is 0 Å². The van der Waals surface area contributed by atoms with E-state index in [4.69, 9.17) is 16.0 Å². The Morgan fingerprint density at radius 1 is 1.09 bits per heavy atom. The van der Waals surface area contributed by atoms with Gasteiger partial charge in [-0.25, -0.2) is 4.98 Å². The summed E-state index contributed by atoms with van der Waals surface area (Å²) in [6.45, 7) is 6.48. The summed E-state index contributed by atoms with van der Waals surface area (Å²) in [6.07, 6.45) is 0. The molecular weight excluding hydrogens is 446 g/mol. The molecule has 1 atom stereocenters. The molecule has 0 N–H and O–H groups in total. The molecule has 0 spiro atoms. The Bertz CT molecular complexity index is 1120. The second kappa shape index (κ2) is 9.88. The van der Waals surface area contributed by atoms with E-state index < -0.39 is 10.8 Å². The second-order valence-corrected chi connectivity index (χ2v) is 9.86. The Hall–Kier alpha value is -2.64.